The van der Waals surface area contributed by atoms with Crippen LogP contribution in [0, 0.1) is 0 Å². The summed E-state index contributed by atoms with van der Waals surface area (Å²) in [4.78, 5) is 11.6. The molecule has 0 saturated carbocycles. The number of hydrogen-bond donors (Lipinski definition) is 1. The van der Waals surface area contributed by atoms with E-state index in [2.05, 4.69) is 15.9 Å². The van der Waals surface area contributed by atoms with E-state index < -0.39 is 0 Å². The first-order valence-corrected chi connectivity index (χ1v) is 6.05. The predicted octanol–water partition coefficient (Wildman–Crippen LogP) is 1.36. The van der Waals surface area contributed by atoms with Crippen LogP contribution in [0.3, 0.4) is 0 Å². The van der Waals surface area contributed by atoms with E-state index in [0.717, 1.165) is 16.7 Å². The first-order valence-electron chi connectivity index (χ1n) is 5.26. The van der Waals surface area contributed by atoms with Gasteiger partial charge in [0, 0.05) is 24.0 Å². The molecule has 1 heterocycles. The van der Waals surface area contributed by atoms with Crippen LogP contribution in [0.25, 0.3) is 0 Å². The van der Waals surface area contributed by atoms with Crippen molar-refractivity contribution < 1.29 is 4.79 Å². The topological polar surface area (TPSA) is 49.6 Å². The molecule has 0 atom stereocenters. The van der Waals surface area contributed by atoms with E-state index in [1.165, 1.54) is 0 Å². The molecule has 5 heteroatoms. The molecule has 0 radical (unpaired) electrons. The average molecular weight is 284 g/mol. The van der Waals surface area contributed by atoms with Gasteiger partial charge in [0.25, 0.3) is 0 Å². The largest absolute Gasteiger partial charge is 0.329 e. The maximum atomic E-state index is 11.6. The Bertz CT molecular complexity index is 397. The second kappa shape index (κ2) is 4.84. The number of benzene rings is 1. The molecule has 1 fully saturated rings. The molecule has 1 amide bonds. The fraction of sp³-hybridized carbons (Fsp3) is 0.364. The van der Waals surface area contributed by atoms with Crippen molar-refractivity contribution in [2.75, 3.05) is 24.6 Å². The van der Waals surface area contributed by atoms with Crippen LogP contribution in [-0.2, 0) is 4.79 Å². The van der Waals surface area contributed by atoms with Crippen LogP contribution in [0.2, 0.25) is 0 Å². The molecule has 1 aliphatic rings. The lowest BCUT2D eigenvalue weighted by atomic mass is 10.3. The molecule has 0 unspecified atom stereocenters. The van der Waals surface area contributed by atoms with Gasteiger partial charge in [-0.15, -0.1) is 0 Å². The Morgan fingerprint density at radius 2 is 2.25 bits per heavy atom. The number of hydrazine groups is 1. The number of anilines is 1. The van der Waals surface area contributed by atoms with Crippen molar-refractivity contribution in [2.45, 2.75) is 6.42 Å². The number of rotatable bonds is 3. The third-order valence-electron chi connectivity index (χ3n) is 2.56. The highest BCUT2D eigenvalue weighted by Crippen LogP contribution is 2.24. The maximum absolute atomic E-state index is 11.6. The quantitative estimate of drug-likeness (QED) is 0.911. The number of hydrogen-bond acceptors (Lipinski definition) is 3. The molecule has 0 bridgehead atoms. The van der Waals surface area contributed by atoms with Crippen molar-refractivity contribution in [1.82, 2.24) is 5.01 Å². The number of nitrogens with two attached hydrogens (primary N) is 1. The number of nitrogens with zero attached hydrogens (tertiary/aromatic N) is 2. The summed E-state index contributed by atoms with van der Waals surface area (Å²) in [7, 11) is 0. The Morgan fingerprint density at radius 1 is 1.44 bits per heavy atom. The Kier molecular flexibility index (Phi) is 3.46. The first kappa shape index (κ1) is 11.4. The summed E-state index contributed by atoms with van der Waals surface area (Å²) in [5.74, 6) is 0.144. The summed E-state index contributed by atoms with van der Waals surface area (Å²) in [5.41, 5.74) is 6.53. The van der Waals surface area contributed by atoms with Gasteiger partial charge in [-0.1, -0.05) is 22.0 Å². The van der Waals surface area contributed by atoms with Gasteiger partial charge < -0.3 is 5.73 Å². The Balaban J connectivity index is 2.23. The summed E-state index contributed by atoms with van der Waals surface area (Å²) < 4.78 is 1.01. The molecule has 1 aliphatic heterocycles. The zero-order valence-corrected chi connectivity index (χ0v) is 10.5. The SMILES string of the molecule is NCCN1C(=O)CCN1c1cccc(Br)c1. The van der Waals surface area contributed by atoms with Gasteiger partial charge in [-0.2, -0.15) is 0 Å². The molecular formula is C11H14BrN3O. The van der Waals surface area contributed by atoms with E-state index in [1.54, 1.807) is 5.01 Å². The molecule has 0 spiro atoms. The van der Waals surface area contributed by atoms with Crippen molar-refractivity contribution in [1.29, 1.82) is 0 Å². The number of amides is 1. The lowest BCUT2D eigenvalue weighted by Gasteiger charge is -2.29. The Labute approximate surface area is 103 Å². The standard InChI is InChI=1S/C11H14BrN3O/c12-9-2-1-3-10(8-9)14-6-4-11(16)15(14)7-5-13/h1-3,8H,4-7,13H2. The summed E-state index contributed by atoms with van der Waals surface area (Å²) in [6.07, 6.45) is 0.562. The highest BCUT2D eigenvalue weighted by molar-refractivity contribution is 9.10. The molecular weight excluding hydrogens is 270 g/mol. The molecule has 2 N–H and O–H groups in total. The Hall–Kier alpha value is -1.07. The second-order valence-corrected chi connectivity index (χ2v) is 4.57. The summed E-state index contributed by atoms with van der Waals surface area (Å²) in [5, 5.41) is 3.71. The number of carbonyl (C=O) groups is 1. The normalized spacial score (nSPS) is 16.0. The highest BCUT2D eigenvalue weighted by atomic mass is 79.9. The lowest BCUT2D eigenvalue weighted by molar-refractivity contribution is -0.128. The van der Waals surface area contributed by atoms with Gasteiger partial charge in [0.15, 0.2) is 0 Å². The van der Waals surface area contributed by atoms with Crippen LogP contribution >= 0.6 is 15.9 Å². The molecule has 2 rings (SSSR count). The molecule has 16 heavy (non-hydrogen) atoms. The highest BCUT2D eigenvalue weighted by Gasteiger charge is 2.28. The minimum absolute atomic E-state index is 0.144. The third kappa shape index (κ3) is 2.20. The molecule has 86 valence electrons. The van der Waals surface area contributed by atoms with Crippen LogP contribution in [-0.4, -0.2) is 30.6 Å². The van der Waals surface area contributed by atoms with E-state index >= 15 is 0 Å². The monoisotopic (exact) mass is 283 g/mol. The van der Waals surface area contributed by atoms with Crippen molar-refractivity contribution in [3.05, 3.63) is 28.7 Å². The zero-order valence-electron chi connectivity index (χ0n) is 8.90. The van der Waals surface area contributed by atoms with E-state index in [1.807, 2.05) is 29.3 Å². The number of carbonyl (C=O) groups excluding carboxylic acids is 1. The molecule has 1 aromatic carbocycles. The zero-order chi connectivity index (χ0) is 11.5. The fourth-order valence-electron chi connectivity index (χ4n) is 1.86. The molecule has 1 saturated heterocycles. The van der Waals surface area contributed by atoms with Crippen molar-refractivity contribution >= 4 is 27.5 Å². The summed E-state index contributed by atoms with van der Waals surface area (Å²) >= 11 is 3.43. The van der Waals surface area contributed by atoms with Crippen LogP contribution in [0.15, 0.2) is 28.7 Å². The molecule has 1 aromatic rings. The van der Waals surface area contributed by atoms with Gasteiger partial charge in [-0.25, -0.2) is 0 Å². The van der Waals surface area contributed by atoms with Crippen molar-refractivity contribution in [3.8, 4) is 0 Å². The first-order chi connectivity index (χ1) is 7.72. The second-order valence-electron chi connectivity index (χ2n) is 3.66. The minimum atomic E-state index is 0.144. The minimum Gasteiger partial charge on any atom is -0.329 e. The van der Waals surface area contributed by atoms with Crippen LogP contribution in [0.1, 0.15) is 6.42 Å². The predicted molar refractivity (Wildman–Crippen MR) is 66.9 cm³/mol. The molecule has 4 nitrogen and oxygen atoms in total. The van der Waals surface area contributed by atoms with Gasteiger partial charge in [-0.05, 0) is 18.2 Å². The third-order valence-corrected chi connectivity index (χ3v) is 3.06. The number of halogens is 1. The van der Waals surface area contributed by atoms with Gasteiger partial charge in [0.05, 0.1) is 12.2 Å². The molecule has 0 aliphatic carbocycles. The smallest absolute Gasteiger partial charge is 0.242 e. The van der Waals surface area contributed by atoms with Crippen LogP contribution < -0.4 is 10.7 Å². The van der Waals surface area contributed by atoms with E-state index in [9.17, 15) is 4.79 Å². The van der Waals surface area contributed by atoms with E-state index in [4.69, 9.17) is 5.73 Å². The van der Waals surface area contributed by atoms with E-state index in [-0.39, 0.29) is 5.91 Å². The van der Waals surface area contributed by atoms with Gasteiger partial charge >= 0.3 is 0 Å². The lowest BCUT2D eigenvalue weighted by Crippen LogP contribution is -2.42. The fourth-order valence-corrected chi connectivity index (χ4v) is 2.25. The van der Waals surface area contributed by atoms with Crippen LogP contribution in [0.4, 0.5) is 5.69 Å². The maximum Gasteiger partial charge on any atom is 0.242 e. The van der Waals surface area contributed by atoms with E-state index in [0.29, 0.717) is 19.5 Å². The molecule has 0 aromatic heterocycles. The Morgan fingerprint density at radius 3 is 2.94 bits per heavy atom. The van der Waals surface area contributed by atoms with Crippen LogP contribution in [0.5, 0.6) is 0 Å². The van der Waals surface area contributed by atoms with Crippen molar-refractivity contribution in [2.24, 2.45) is 5.73 Å². The summed E-state index contributed by atoms with van der Waals surface area (Å²) in [6.45, 7) is 1.79. The van der Waals surface area contributed by atoms with Gasteiger partial charge in [0.2, 0.25) is 5.91 Å². The van der Waals surface area contributed by atoms with Gasteiger partial charge in [-0.3, -0.25) is 14.8 Å². The van der Waals surface area contributed by atoms with Crippen molar-refractivity contribution in [3.63, 3.8) is 0 Å². The average Bonchev–Trinajstić information content (AvgIpc) is 2.61. The summed E-state index contributed by atoms with van der Waals surface area (Å²) in [6, 6.07) is 7.92. The van der Waals surface area contributed by atoms with Gasteiger partial charge in [0.1, 0.15) is 0 Å².